The van der Waals surface area contributed by atoms with E-state index in [0.717, 1.165) is 0 Å². The van der Waals surface area contributed by atoms with E-state index in [2.05, 4.69) is 10.3 Å². The van der Waals surface area contributed by atoms with Gasteiger partial charge in [0.1, 0.15) is 17.4 Å². The number of ether oxygens (including phenoxy) is 1. The minimum absolute atomic E-state index is 0.108. The van der Waals surface area contributed by atoms with Gasteiger partial charge in [-0.2, -0.15) is 5.26 Å². The molecular formula is C22H19N5O5S2. The highest BCUT2D eigenvalue weighted by atomic mass is 32.2. The molecule has 0 spiro atoms. The summed E-state index contributed by atoms with van der Waals surface area (Å²) in [6, 6.07) is 13.9. The molecule has 0 unspecified atom stereocenters. The van der Waals surface area contributed by atoms with Crippen molar-refractivity contribution in [3.05, 3.63) is 65.2 Å². The Morgan fingerprint density at radius 1 is 1.18 bits per heavy atom. The first-order valence-electron chi connectivity index (χ1n) is 9.58. The molecule has 2 amide bonds. The third kappa shape index (κ3) is 5.84. The second kappa shape index (κ2) is 10.3. The van der Waals surface area contributed by atoms with Crippen molar-refractivity contribution >= 4 is 55.8 Å². The summed E-state index contributed by atoms with van der Waals surface area (Å²) >= 11 is 1.17. The molecule has 0 aliphatic carbocycles. The number of primary sulfonamides is 1. The van der Waals surface area contributed by atoms with Crippen molar-refractivity contribution in [3.63, 3.8) is 0 Å². The number of carbonyl (C=O) groups excluding carboxylic acids is 2. The first-order valence-corrected chi connectivity index (χ1v) is 12.0. The topological polar surface area (TPSA) is 155 Å². The van der Waals surface area contributed by atoms with Crippen molar-refractivity contribution < 1.29 is 22.7 Å². The molecule has 0 atom stereocenters. The van der Waals surface area contributed by atoms with Gasteiger partial charge in [0.2, 0.25) is 15.9 Å². The first kappa shape index (κ1) is 24.6. The van der Waals surface area contributed by atoms with E-state index in [1.165, 1.54) is 53.5 Å². The molecule has 0 saturated heterocycles. The van der Waals surface area contributed by atoms with Crippen LogP contribution in [0.1, 0.15) is 12.6 Å². The summed E-state index contributed by atoms with van der Waals surface area (Å²) in [5.41, 5.74) is 0.946. The number of methoxy groups -OCH3 is 1. The number of nitrogens with two attached hydrogens (primary N) is 1. The standard InChI is InChI=1S/C22H19N5O5S2/c1-14(28)27(18-5-7-19(32-2)8-6-18)22-26-17(13-33-22)11-15(12-23)21(29)25-16-3-9-20(10-4-16)34(24,30)31/h3-11,13H,1-2H3,(H,25,29)(H2,24,30,31)/b15-11+. The zero-order valence-electron chi connectivity index (χ0n) is 18.1. The highest BCUT2D eigenvalue weighted by Gasteiger charge is 2.19. The molecule has 1 heterocycles. The van der Waals surface area contributed by atoms with Crippen LogP contribution in [0.25, 0.3) is 6.08 Å². The minimum atomic E-state index is -3.86. The summed E-state index contributed by atoms with van der Waals surface area (Å²) in [7, 11) is -2.32. The van der Waals surface area contributed by atoms with Crippen molar-refractivity contribution in [1.29, 1.82) is 5.26 Å². The average molecular weight is 498 g/mol. The van der Waals surface area contributed by atoms with Gasteiger partial charge in [0.15, 0.2) is 5.13 Å². The summed E-state index contributed by atoms with van der Waals surface area (Å²) in [4.78, 5) is 30.4. The van der Waals surface area contributed by atoms with E-state index >= 15 is 0 Å². The number of nitrogens with one attached hydrogen (secondary N) is 1. The molecule has 0 aliphatic rings. The molecule has 0 saturated carbocycles. The van der Waals surface area contributed by atoms with Gasteiger partial charge in [0, 0.05) is 18.0 Å². The largest absolute Gasteiger partial charge is 0.497 e. The highest BCUT2D eigenvalue weighted by molar-refractivity contribution is 7.89. The number of amides is 2. The number of hydrogen-bond donors (Lipinski definition) is 2. The van der Waals surface area contributed by atoms with E-state index in [9.17, 15) is 23.3 Å². The van der Waals surface area contributed by atoms with Gasteiger partial charge in [0.25, 0.3) is 5.91 Å². The lowest BCUT2D eigenvalue weighted by Crippen LogP contribution is -2.22. The van der Waals surface area contributed by atoms with Crippen LogP contribution in [0.15, 0.2) is 64.4 Å². The number of rotatable bonds is 7. The van der Waals surface area contributed by atoms with Crippen LogP contribution in [0.5, 0.6) is 5.75 Å². The van der Waals surface area contributed by atoms with Crippen LogP contribution in [-0.4, -0.2) is 32.3 Å². The van der Waals surface area contributed by atoms with Crippen LogP contribution < -0.4 is 20.1 Å². The SMILES string of the molecule is COc1ccc(N(C(C)=O)c2nc(/C=C(\C#N)C(=O)Nc3ccc(S(N)(=O)=O)cc3)cs2)cc1. The lowest BCUT2D eigenvalue weighted by atomic mass is 10.2. The first-order chi connectivity index (χ1) is 16.1. The van der Waals surface area contributed by atoms with Crippen LogP contribution in [-0.2, 0) is 19.6 Å². The molecule has 1 aromatic heterocycles. The smallest absolute Gasteiger partial charge is 0.266 e. The van der Waals surface area contributed by atoms with E-state index in [4.69, 9.17) is 9.88 Å². The second-order valence-electron chi connectivity index (χ2n) is 6.80. The zero-order valence-corrected chi connectivity index (χ0v) is 19.7. The van der Waals surface area contributed by atoms with Gasteiger partial charge in [-0.3, -0.25) is 14.5 Å². The van der Waals surface area contributed by atoms with Crippen molar-refractivity contribution in [2.45, 2.75) is 11.8 Å². The van der Waals surface area contributed by atoms with Crippen molar-refractivity contribution in [2.24, 2.45) is 5.14 Å². The Morgan fingerprint density at radius 3 is 2.35 bits per heavy atom. The molecule has 10 nitrogen and oxygen atoms in total. The normalized spacial score (nSPS) is 11.4. The van der Waals surface area contributed by atoms with Crippen LogP contribution in [0.2, 0.25) is 0 Å². The van der Waals surface area contributed by atoms with Crippen molar-refractivity contribution in [3.8, 4) is 11.8 Å². The molecule has 12 heteroatoms. The Kier molecular flexibility index (Phi) is 7.42. The van der Waals surface area contributed by atoms with Crippen LogP contribution in [0.4, 0.5) is 16.5 Å². The lowest BCUT2D eigenvalue weighted by Gasteiger charge is -2.18. The minimum Gasteiger partial charge on any atom is -0.497 e. The fraction of sp³-hybridized carbons (Fsp3) is 0.0909. The molecule has 3 aromatic rings. The Hall–Kier alpha value is -4.05. The van der Waals surface area contributed by atoms with Gasteiger partial charge in [-0.25, -0.2) is 18.5 Å². The van der Waals surface area contributed by atoms with Gasteiger partial charge >= 0.3 is 0 Å². The zero-order chi connectivity index (χ0) is 24.9. The van der Waals surface area contributed by atoms with E-state index in [-0.39, 0.29) is 22.1 Å². The number of carbonyl (C=O) groups is 2. The number of nitrogens with zero attached hydrogens (tertiary/aromatic N) is 3. The molecule has 0 fully saturated rings. The summed E-state index contributed by atoms with van der Waals surface area (Å²) in [5, 5.41) is 19.0. The maximum absolute atomic E-state index is 12.5. The summed E-state index contributed by atoms with van der Waals surface area (Å²) in [6.07, 6.45) is 1.29. The number of hydrogen-bond acceptors (Lipinski definition) is 8. The summed E-state index contributed by atoms with van der Waals surface area (Å²) in [6.45, 7) is 1.40. The number of nitriles is 1. The molecule has 3 rings (SSSR count). The van der Waals surface area contributed by atoms with Gasteiger partial charge in [-0.15, -0.1) is 11.3 Å². The maximum Gasteiger partial charge on any atom is 0.266 e. The number of anilines is 3. The maximum atomic E-state index is 12.5. The van der Waals surface area contributed by atoms with Crippen LogP contribution in [0.3, 0.4) is 0 Å². The summed E-state index contributed by atoms with van der Waals surface area (Å²) < 4.78 is 27.8. The predicted octanol–water partition coefficient (Wildman–Crippen LogP) is 3.03. The molecule has 0 radical (unpaired) electrons. The molecular weight excluding hydrogens is 478 g/mol. The number of aromatic nitrogens is 1. The van der Waals surface area contributed by atoms with Crippen LogP contribution in [0, 0.1) is 11.3 Å². The van der Waals surface area contributed by atoms with Gasteiger partial charge < -0.3 is 10.1 Å². The molecule has 0 bridgehead atoms. The Bertz CT molecular complexity index is 1390. The summed E-state index contributed by atoms with van der Waals surface area (Å²) in [5.74, 6) is -0.339. The van der Waals surface area contributed by atoms with E-state index in [0.29, 0.717) is 22.3 Å². The molecule has 34 heavy (non-hydrogen) atoms. The molecule has 174 valence electrons. The quantitative estimate of drug-likeness (QED) is 0.375. The van der Waals surface area contributed by atoms with E-state index < -0.39 is 15.9 Å². The fourth-order valence-corrected chi connectivity index (χ4v) is 4.19. The molecule has 2 aromatic carbocycles. The second-order valence-corrected chi connectivity index (χ2v) is 9.20. The Balaban J connectivity index is 1.81. The van der Waals surface area contributed by atoms with Gasteiger partial charge in [0.05, 0.1) is 23.4 Å². The third-order valence-electron chi connectivity index (χ3n) is 4.44. The third-order valence-corrected chi connectivity index (χ3v) is 6.22. The molecule has 3 N–H and O–H groups in total. The number of thiazole rings is 1. The van der Waals surface area contributed by atoms with E-state index in [1.807, 2.05) is 6.07 Å². The lowest BCUT2D eigenvalue weighted by molar-refractivity contribution is -0.116. The van der Waals surface area contributed by atoms with E-state index in [1.54, 1.807) is 36.8 Å². The van der Waals surface area contributed by atoms with Crippen LogP contribution >= 0.6 is 11.3 Å². The number of benzene rings is 2. The van der Waals surface area contributed by atoms with Crippen molar-refractivity contribution in [2.75, 3.05) is 17.3 Å². The fourth-order valence-electron chi connectivity index (χ4n) is 2.83. The average Bonchev–Trinajstić information content (AvgIpc) is 3.25. The van der Waals surface area contributed by atoms with Crippen molar-refractivity contribution in [1.82, 2.24) is 4.98 Å². The Morgan fingerprint density at radius 2 is 1.82 bits per heavy atom. The highest BCUT2D eigenvalue weighted by Crippen LogP contribution is 2.30. The monoisotopic (exact) mass is 497 g/mol. The number of sulfonamides is 1. The van der Waals surface area contributed by atoms with Gasteiger partial charge in [-0.05, 0) is 54.6 Å². The van der Waals surface area contributed by atoms with Gasteiger partial charge in [-0.1, -0.05) is 0 Å². The predicted molar refractivity (Wildman–Crippen MR) is 128 cm³/mol. The Labute approximate surface area is 200 Å². The molecule has 0 aliphatic heterocycles.